The summed E-state index contributed by atoms with van der Waals surface area (Å²) in [7, 11) is 0. The molecule has 0 bridgehead atoms. The molecule has 0 aliphatic carbocycles. The van der Waals surface area contributed by atoms with E-state index in [0.717, 1.165) is 34.6 Å². The molecule has 6 heteroatoms. The van der Waals surface area contributed by atoms with Crippen LogP contribution in [0.2, 0.25) is 0 Å². The first kappa shape index (κ1) is 16.3. The maximum absolute atomic E-state index is 13.1. The second-order valence-corrected chi connectivity index (χ2v) is 6.04. The minimum absolute atomic E-state index is 0.428. The van der Waals surface area contributed by atoms with Crippen LogP contribution in [0.25, 0.3) is 28.0 Å². The van der Waals surface area contributed by atoms with Gasteiger partial charge in [-0.15, -0.1) is 0 Å². The summed E-state index contributed by atoms with van der Waals surface area (Å²) < 4.78 is 41.1. The van der Waals surface area contributed by atoms with E-state index in [9.17, 15) is 13.2 Å². The number of hydrogen-bond donors (Lipinski definition) is 0. The van der Waals surface area contributed by atoms with Crippen LogP contribution < -0.4 is 0 Å². The van der Waals surface area contributed by atoms with Gasteiger partial charge in [-0.1, -0.05) is 18.2 Å². The summed E-state index contributed by atoms with van der Waals surface area (Å²) in [5.41, 5.74) is 3.58. The number of aromatic nitrogens is 3. The van der Waals surface area contributed by atoms with E-state index >= 15 is 0 Å². The van der Waals surface area contributed by atoms with Gasteiger partial charge in [0.1, 0.15) is 5.65 Å². The Balaban J connectivity index is 1.87. The van der Waals surface area contributed by atoms with Gasteiger partial charge in [-0.05, 0) is 37.3 Å². The topological polar surface area (TPSA) is 30.2 Å². The largest absolute Gasteiger partial charge is 0.416 e. The predicted molar refractivity (Wildman–Crippen MR) is 93.6 cm³/mol. The molecule has 0 saturated heterocycles. The van der Waals surface area contributed by atoms with E-state index in [1.54, 1.807) is 18.3 Å². The third-order valence-corrected chi connectivity index (χ3v) is 4.15. The Morgan fingerprint density at radius 3 is 2.58 bits per heavy atom. The summed E-state index contributed by atoms with van der Waals surface area (Å²) in [6, 6.07) is 12.6. The summed E-state index contributed by atoms with van der Waals surface area (Å²) in [6.07, 6.45) is 1.000. The first-order chi connectivity index (χ1) is 12.4. The fourth-order valence-electron chi connectivity index (χ4n) is 2.99. The number of rotatable bonds is 2. The Hall–Kier alpha value is -3.15. The van der Waals surface area contributed by atoms with E-state index < -0.39 is 11.7 Å². The number of imidazole rings is 1. The highest BCUT2D eigenvalue weighted by Crippen LogP contribution is 2.35. The van der Waals surface area contributed by atoms with Crippen molar-refractivity contribution in [1.82, 2.24) is 14.4 Å². The minimum Gasteiger partial charge on any atom is -0.306 e. The molecule has 0 aliphatic rings. The molecule has 0 spiro atoms. The third-order valence-electron chi connectivity index (χ3n) is 4.15. The number of pyridine rings is 2. The molecule has 3 nitrogen and oxygen atoms in total. The molecule has 0 saturated carbocycles. The van der Waals surface area contributed by atoms with Crippen LogP contribution in [0.15, 0.2) is 67.1 Å². The predicted octanol–water partition coefficient (Wildman–Crippen LogP) is 5.39. The van der Waals surface area contributed by atoms with Gasteiger partial charge in [-0.2, -0.15) is 13.2 Å². The van der Waals surface area contributed by atoms with Gasteiger partial charge in [0, 0.05) is 35.3 Å². The van der Waals surface area contributed by atoms with Gasteiger partial charge >= 0.3 is 6.18 Å². The van der Waals surface area contributed by atoms with Crippen molar-refractivity contribution in [2.24, 2.45) is 0 Å². The van der Waals surface area contributed by atoms with Crippen molar-refractivity contribution in [3.05, 3.63) is 78.4 Å². The van der Waals surface area contributed by atoms with Gasteiger partial charge in [0.25, 0.3) is 0 Å². The molecule has 0 radical (unpaired) electrons. The first-order valence-electron chi connectivity index (χ1n) is 8.00. The van der Waals surface area contributed by atoms with Crippen molar-refractivity contribution in [3.63, 3.8) is 0 Å². The van der Waals surface area contributed by atoms with Crippen LogP contribution >= 0.6 is 0 Å². The highest BCUT2D eigenvalue weighted by Gasteiger charge is 2.30. The maximum atomic E-state index is 13.1. The van der Waals surface area contributed by atoms with Crippen molar-refractivity contribution in [2.45, 2.75) is 13.1 Å². The average molecular weight is 353 g/mol. The Morgan fingerprint density at radius 1 is 0.923 bits per heavy atom. The zero-order valence-corrected chi connectivity index (χ0v) is 13.8. The number of aryl methyl sites for hydroxylation is 1. The maximum Gasteiger partial charge on any atom is 0.416 e. The highest BCUT2D eigenvalue weighted by atomic mass is 19.4. The van der Waals surface area contributed by atoms with E-state index in [0.29, 0.717) is 11.3 Å². The standard InChI is InChI=1S/C20H14F3N3/c1-13-11-26-12-15(7-8-18(26)25-13)17-6-3-9-24-19(17)14-4-2-5-16(10-14)20(21,22)23/h2-12H,1H3. The zero-order chi connectivity index (χ0) is 18.3. The fourth-order valence-corrected chi connectivity index (χ4v) is 2.99. The quantitative estimate of drug-likeness (QED) is 0.484. The second-order valence-electron chi connectivity index (χ2n) is 6.04. The molecule has 0 unspecified atom stereocenters. The average Bonchev–Trinajstić information content (AvgIpc) is 3.00. The summed E-state index contributed by atoms with van der Waals surface area (Å²) >= 11 is 0. The summed E-state index contributed by atoms with van der Waals surface area (Å²) in [4.78, 5) is 8.73. The molecular weight excluding hydrogens is 339 g/mol. The molecule has 0 aliphatic heterocycles. The highest BCUT2D eigenvalue weighted by molar-refractivity contribution is 5.81. The molecule has 3 heterocycles. The lowest BCUT2D eigenvalue weighted by molar-refractivity contribution is -0.137. The lowest BCUT2D eigenvalue weighted by Gasteiger charge is -2.12. The van der Waals surface area contributed by atoms with Crippen molar-refractivity contribution >= 4 is 5.65 Å². The lowest BCUT2D eigenvalue weighted by Crippen LogP contribution is -2.04. The molecule has 130 valence electrons. The van der Waals surface area contributed by atoms with Crippen LogP contribution in [0.4, 0.5) is 13.2 Å². The Bertz CT molecular complexity index is 1100. The summed E-state index contributed by atoms with van der Waals surface area (Å²) in [5, 5.41) is 0. The Kier molecular flexibility index (Phi) is 3.76. The minimum atomic E-state index is -4.39. The number of fused-ring (bicyclic) bond motifs is 1. The second kappa shape index (κ2) is 5.98. The van der Waals surface area contributed by atoms with E-state index in [1.165, 1.54) is 6.07 Å². The van der Waals surface area contributed by atoms with Gasteiger partial charge in [0.15, 0.2) is 0 Å². The normalized spacial score (nSPS) is 11.8. The molecule has 0 fully saturated rings. The molecular formula is C20H14F3N3. The molecule has 0 atom stereocenters. The number of benzene rings is 1. The van der Waals surface area contributed by atoms with Crippen LogP contribution in [-0.4, -0.2) is 14.4 Å². The van der Waals surface area contributed by atoms with Crippen molar-refractivity contribution < 1.29 is 13.2 Å². The van der Waals surface area contributed by atoms with Crippen LogP contribution in [0, 0.1) is 6.92 Å². The Labute approximate surface area is 147 Å². The molecule has 0 N–H and O–H groups in total. The van der Waals surface area contributed by atoms with Crippen molar-refractivity contribution in [3.8, 4) is 22.4 Å². The van der Waals surface area contributed by atoms with Gasteiger partial charge in [0.2, 0.25) is 0 Å². The van der Waals surface area contributed by atoms with Gasteiger partial charge < -0.3 is 4.40 Å². The van der Waals surface area contributed by atoms with Gasteiger partial charge in [-0.25, -0.2) is 4.98 Å². The first-order valence-corrected chi connectivity index (χ1v) is 8.00. The third kappa shape index (κ3) is 2.94. The molecule has 26 heavy (non-hydrogen) atoms. The fraction of sp³-hybridized carbons (Fsp3) is 0.100. The summed E-state index contributed by atoms with van der Waals surface area (Å²) in [6.45, 7) is 1.91. The molecule has 3 aromatic heterocycles. The van der Waals surface area contributed by atoms with E-state index in [4.69, 9.17) is 0 Å². The molecule has 4 aromatic rings. The van der Waals surface area contributed by atoms with E-state index in [1.807, 2.05) is 41.9 Å². The van der Waals surface area contributed by atoms with E-state index in [-0.39, 0.29) is 0 Å². The molecule has 1 aromatic carbocycles. The summed E-state index contributed by atoms with van der Waals surface area (Å²) in [5.74, 6) is 0. The van der Waals surface area contributed by atoms with Crippen LogP contribution in [0.1, 0.15) is 11.3 Å². The van der Waals surface area contributed by atoms with Gasteiger partial charge in [-0.3, -0.25) is 4.98 Å². The van der Waals surface area contributed by atoms with Crippen molar-refractivity contribution in [1.29, 1.82) is 0 Å². The van der Waals surface area contributed by atoms with Gasteiger partial charge in [0.05, 0.1) is 17.0 Å². The number of alkyl halides is 3. The van der Waals surface area contributed by atoms with Crippen LogP contribution in [-0.2, 0) is 6.18 Å². The smallest absolute Gasteiger partial charge is 0.306 e. The molecule has 0 amide bonds. The SMILES string of the molecule is Cc1cn2cc(-c3cccnc3-c3cccc(C(F)(F)F)c3)ccc2n1. The molecule has 4 rings (SSSR count). The van der Waals surface area contributed by atoms with Crippen molar-refractivity contribution in [2.75, 3.05) is 0 Å². The lowest BCUT2D eigenvalue weighted by atomic mass is 9.99. The number of nitrogens with zero attached hydrogens (tertiary/aromatic N) is 3. The number of halogens is 3. The monoisotopic (exact) mass is 353 g/mol. The number of hydrogen-bond acceptors (Lipinski definition) is 2. The van der Waals surface area contributed by atoms with E-state index in [2.05, 4.69) is 9.97 Å². The van der Waals surface area contributed by atoms with Crippen LogP contribution in [0.3, 0.4) is 0 Å². The van der Waals surface area contributed by atoms with Crippen LogP contribution in [0.5, 0.6) is 0 Å². The zero-order valence-electron chi connectivity index (χ0n) is 13.8. The Morgan fingerprint density at radius 2 is 1.77 bits per heavy atom.